The van der Waals surface area contributed by atoms with Crippen LogP contribution in [-0.2, 0) is 9.84 Å². The van der Waals surface area contributed by atoms with Gasteiger partial charge in [-0.05, 0) is 55.3 Å². The predicted octanol–water partition coefficient (Wildman–Crippen LogP) is 3.76. The number of rotatable bonds is 5. The van der Waals surface area contributed by atoms with Gasteiger partial charge in [-0.3, -0.25) is 0 Å². The summed E-state index contributed by atoms with van der Waals surface area (Å²) in [5, 5.41) is 2.89. The second kappa shape index (κ2) is 10.4. The number of ether oxygens (including phenoxy) is 2. The number of nitrogens with one attached hydrogen (secondary N) is 1. The number of hydrogen-bond acceptors (Lipinski definition) is 9. The first-order chi connectivity index (χ1) is 18.2. The Hall–Kier alpha value is -4.00. The van der Waals surface area contributed by atoms with Gasteiger partial charge in [0.05, 0.1) is 17.1 Å². The fourth-order valence-corrected chi connectivity index (χ4v) is 5.11. The largest absolute Gasteiger partial charge is 0.485 e. The normalized spacial score (nSPS) is 16.0. The summed E-state index contributed by atoms with van der Waals surface area (Å²) < 4.78 is 62.3. The van der Waals surface area contributed by atoms with Gasteiger partial charge >= 0.3 is 6.09 Å². The van der Waals surface area contributed by atoms with E-state index < -0.39 is 27.6 Å². The molecule has 13 heteroatoms. The Labute approximate surface area is 218 Å². The summed E-state index contributed by atoms with van der Waals surface area (Å²) in [6, 6.07) is 8.94. The number of sulfone groups is 1. The van der Waals surface area contributed by atoms with Gasteiger partial charge in [0.2, 0.25) is 5.75 Å². The number of carbonyl (C=O) groups is 1. The van der Waals surface area contributed by atoms with Gasteiger partial charge < -0.3 is 24.6 Å². The molecule has 0 saturated carbocycles. The standard InChI is InChI=1S/C25H25F2N5O5S/c1-38(34,35)19-6-7-21(20(27)14-19)30-23-22-24(29-15-28-23)32(12-13-36-22)17-8-10-31(11-9-17)25(33)37-18-4-2-16(26)3-5-18/h2-7,14-15,17H,8-13H2,1H3,(H,28,29,30). The van der Waals surface area contributed by atoms with Crippen LogP contribution in [0.25, 0.3) is 0 Å². The van der Waals surface area contributed by atoms with Crippen molar-refractivity contribution in [3.05, 3.63) is 60.4 Å². The Kier molecular flexibility index (Phi) is 7.02. The molecule has 1 N–H and O–H groups in total. The molecular formula is C25H25F2N5O5S. The molecule has 0 unspecified atom stereocenters. The molecule has 1 saturated heterocycles. The van der Waals surface area contributed by atoms with Gasteiger partial charge in [-0.2, -0.15) is 0 Å². The van der Waals surface area contributed by atoms with E-state index in [1.807, 2.05) is 0 Å². The molecule has 10 nitrogen and oxygen atoms in total. The molecule has 0 aliphatic carbocycles. The van der Waals surface area contributed by atoms with E-state index in [4.69, 9.17) is 9.47 Å². The summed E-state index contributed by atoms with van der Waals surface area (Å²) in [6.07, 6.45) is 3.19. The zero-order chi connectivity index (χ0) is 26.9. The molecule has 1 fully saturated rings. The summed E-state index contributed by atoms with van der Waals surface area (Å²) >= 11 is 0. The van der Waals surface area contributed by atoms with Gasteiger partial charge in [-0.25, -0.2) is 32.0 Å². The molecule has 0 radical (unpaired) electrons. The van der Waals surface area contributed by atoms with E-state index in [9.17, 15) is 22.0 Å². The van der Waals surface area contributed by atoms with E-state index in [-0.39, 0.29) is 28.2 Å². The molecule has 5 rings (SSSR count). The second-order valence-corrected chi connectivity index (χ2v) is 11.0. The third kappa shape index (κ3) is 5.47. The first-order valence-electron chi connectivity index (χ1n) is 11.9. The third-order valence-corrected chi connectivity index (χ3v) is 7.55. The molecule has 2 aromatic carbocycles. The number of carbonyl (C=O) groups excluding carboxylic acids is 1. The minimum atomic E-state index is -3.55. The van der Waals surface area contributed by atoms with E-state index in [0.29, 0.717) is 50.7 Å². The maximum Gasteiger partial charge on any atom is 0.415 e. The molecule has 2 aliphatic heterocycles. The average molecular weight is 546 g/mol. The number of fused-ring (bicyclic) bond motifs is 1. The maximum absolute atomic E-state index is 14.6. The minimum Gasteiger partial charge on any atom is -0.485 e. The lowest BCUT2D eigenvalue weighted by Gasteiger charge is -2.41. The van der Waals surface area contributed by atoms with Crippen LogP contribution in [-0.4, -0.2) is 67.9 Å². The van der Waals surface area contributed by atoms with Crippen LogP contribution >= 0.6 is 0 Å². The molecule has 3 aromatic rings. The van der Waals surface area contributed by atoms with Crippen molar-refractivity contribution >= 4 is 33.3 Å². The van der Waals surface area contributed by atoms with Crippen LogP contribution in [0.2, 0.25) is 0 Å². The van der Waals surface area contributed by atoms with E-state index in [1.54, 1.807) is 4.90 Å². The van der Waals surface area contributed by atoms with Crippen molar-refractivity contribution in [3.63, 3.8) is 0 Å². The van der Waals surface area contributed by atoms with Crippen LogP contribution < -0.4 is 19.7 Å². The first kappa shape index (κ1) is 25.6. The number of nitrogens with zero attached hydrogens (tertiary/aromatic N) is 4. The van der Waals surface area contributed by atoms with Crippen molar-refractivity contribution in [2.75, 3.05) is 42.7 Å². The minimum absolute atomic E-state index is 0.0481. The van der Waals surface area contributed by atoms with Crippen LogP contribution in [0.4, 0.5) is 30.9 Å². The Bertz CT molecular complexity index is 1450. The van der Waals surface area contributed by atoms with Crippen LogP contribution in [0.15, 0.2) is 53.7 Å². The number of hydrogen-bond donors (Lipinski definition) is 1. The highest BCUT2D eigenvalue weighted by Gasteiger charge is 2.33. The molecule has 0 spiro atoms. The smallest absolute Gasteiger partial charge is 0.415 e. The summed E-state index contributed by atoms with van der Waals surface area (Å²) in [6.45, 7) is 1.86. The number of halogens is 2. The quantitative estimate of drug-likeness (QED) is 0.512. The van der Waals surface area contributed by atoms with E-state index >= 15 is 0 Å². The van der Waals surface area contributed by atoms with Gasteiger partial charge in [0.1, 0.15) is 30.3 Å². The Morgan fingerprint density at radius 2 is 1.82 bits per heavy atom. The molecule has 38 heavy (non-hydrogen) atoms. The lowest BCUT2D eigenvalue weighted by molar-refractivity contribution is 0.137. The zero-order valence-electron chi connectivity index (χ0n) is 20.4. The van der Waals surface area contributed by atoms with Gasteiger partial charge in [0.25, 0.3) is 0 Å². The van der Waals surface area contributed by atoms with Crippen LogP contribution in [0.3, 0.4) is 0 Å². The van der Waals surface area contributed by atoms with Crippen LogP contribution in [0.1, 0.15) is 12.8 Å². The summed E-state index contributed by atoms with van der Waals surface area (Å²) in [5.74, 6) is 0.296. The van der Waals surface area contributed by atoms with Crippen molar-refractivity contribution < 1.29 is 31.5 Å². The molecule has 2 aliphatic rings. The molecule has 200 valence electrons. The van der Waals surface area contributed by atoms with Crippen molar-refractivity contribution in [3.8, 4) is 11.5 Å². The van der Waals surface area contributed by atoms with Crippen molar-refractivity contribution in [2.45, 2.75) is 23.8 Å². The number of anilines is 3. The van der Waals surface area contributed by atoms with E-state index in [2.05, 4.69) is 20.2 Å². The van der Waals surface area contributed by atoms with Gasteiger partial charge in [0, 0.05) is 25.4 Å². The van der Waals surface area contributed by atoms with Crippen molar-refractivity contribution in [1.29, 1.82) is 0 Å². The van der Waals surface area contributed by atoms with Gasteiger partial charge in [-0.15, -0.1) is 0 Å². The van der Waals surface area contributed by atoms with Crippen molar-refractivity contribution in [2.24, 2.45) is 0 Å². The number of piperidine rings is 1. The molecular weight excluding hydrogens is 520 g/mol. The van der Waals surface area contributed by atoms with Crippen molar-refractivity contribution in [1.82, 2.24) is 14.9 Å². The summed E-state index contributed by atoms with van der Waals surface area (Å²) in [7, 11) is -3.55. The lowest BCUT2D eigenvalue weighted by atomic mass is 10.0. The Balaban J connectivity index is 1.27. The number of amides is 1. The number of aromatic nitrogens is 2. The fraction of sp³-hybridized carbons (Fsp3) is 0.320. The average Bonchev–Trinajstić information content (AvgIpc) is 2.90. The number of benzene rings is 2. The fourth-order valence-electron chi connectivity index (χ4n) is 4.48. The predicted molar refractivity (Wildman–Crippen MR) is 135 cm³/mol. The molecule has 3 heterocycles. The maximum atomic E-state index is 14.6. The molecule has 1 aromatic heterocycles. The summed E-state index contributed by atoms with van der Waals surface area (Å²) in [5.41, 5.74) is 0.0481. The SMILES string of the molecule is CS(=O)(=O)c1ccc(Nc2ncnc3c2OCCN3C2CCN(C(=O)Oc3ccc(F)cc3)CC2)c(F)c1. The lowest BCUT2D eigenvalue weighted by Crippen LogP contribution is -2.50. The molecule has 0 atom stereocenters. The van der Waals surface area contributed by atoms with Crippen LogP contribution in [0.5, 0.6) is 11.5 Å². The van der Waals surface area contributed by atoms with Gasteiger partial charge in [-0.1, -0.05) is 0 Å². The Morgan fingerprint density at radius 1 is 1.08 bits per heavy atom. The Morgan fingerprint density at radius 3 is 2.50 bits per heavy atom. The molecule has 1 amide bonds. The topological polar surface area (TPSA) is 114 Å². The first-order valence-corrected chi connectivity index (χ1v) is 13.8. The highest BCUT2D eigenvalue weighted by molar-refractivity contribution is 7.90. The van der Waals surface area contributed by atoms with Crippen LogP contribution in [0, 0.1) is 11.6 Å². The second-order valence-electron chi connectivity index (χ2n) is 9.00. The number of likely N-dealkylation sites (tertiary alicyclic amines) is 1. The highest BCUT2D eigenvalue weighted by Crippen LogP contribution is 2.39. The monoisotopic (exact) mass is 545 g/mol. The summed E-state index contributed by atoms with van der Waals surface area (Å²) in [4.78, 5) is 24.7. The molecule has 0 bridgehead atoms. The third-order valence-electron chi connectivity index (χ3n) is 6.44. The van der Waals surface area contributed by atoms with E-state index in [1.165, 1.54) is 42.7 Å². The highest BCUT2D eigenvalue weighted by atomic mass is 32.2. The zero-order valence-corrected chi connectivity index (χ0v) is 21.2. The van der Waals surface area contributed by atoms with Gasteiger partial charge in [0.15, 0.2) is 21.5 Å². The van der Waals surface area contributed by atoms with E-state index in [0.717, 1.165) is 12.3 Å².